The maximum atomic E-state index is 12.7. The van der Waals surface area contributed by atoms with Gasteiger partial charge in [0.1, 0.15) is 0 Å². The van der Waals surface area contributed by atoms with E-state index in [-0.39, 0.29) is 18.0 Å². The number of aromatic amines is 1. The molecular weight excluding hydrogens is 328 g/mol. The molecule has 1 aromatic heterocycles. The Hall–Kier alpha value is -3.08. The van der Waals surface area contributed by atoms with Crippen LogP contribution in [0.1, 0.15) is 41.4 Å². The molecule has 0 fully saturated rings. The molecule has 3 aromatic rings. The molecule has 2 aromatic carbocycles. The third-order valence-electron chi connectivity index (χ3n) is 4.67. The SMILES string of the molecule is CC(C)c1ccc(N(C)C(=O)Cc2c(C(=O)[O-])[nH]c3ccccc23)cc1. The van der Waals surface area contributed by atoms with E-state index in [1.165, 1.54) is 5.56 Å². The molecule has 0 unspecified atom stereocenters. The molecule has 5 nitrogen and oxygen atoms in total. The number of fused-ring (bicyclic) bond motifs is 1. The Labute approximate surface area is 152 Å². The smallest absolute Gasteiger partial charge is 0.231 e. The summed E-state index contributed by atoms with van der Waals surface area (Å²) in [5.74, 6) is -1.08. The topological polar surface area (TPSA) is 76.2 Å². The highest BCUT2D eigenvalue weighted by Gasteiger charge is 2.18. The number of hydrogen-bond acceptors (Lipinski definition) is 3. The summed E-state index contributed by atoms with van der Waals surface area (Å²) >= 11 is 0. The monoisotopic (exact) mass is 349 g/mol. The van der Waals surface area contributed by atoms with Gasteiger partial charge in [0, 0.05) is 23.6 Å². The number of aromatic nitrogens is 1. The number of carboxylic acid groups (broad SMARTS) is 1. The summed E-state index contributed by atoms with van der Waals surface area (Å²) in [6.07, 6.45) is -0.0181. The summed E-state index contributed by atoms with van der Waals surface area (Å²) in [6, 6.07) is 15.0. The zero-order chi connectivity index (χ0) is 18.8. The molecule has 5 heteroatoms. The number of hydrogen-bond donors (Lipinski definition) is 1. The zero-order valence-electron chi connectivity index (χ0n) is 15.1. The van der Waals surface area contributed by atoms with Crippen LogP contribution in [0, 0.1) is 0 Å². The molecule has 0 atom stereocenters. The summed E-state index contributed by atoms with van der Waals surface area (Å²) in [5, 5.41) is 12.2. The summed E-state index contributed by atoms with van der Waals surface area (Å²) in [7, 11) is 1.69. The van der Waals surface area contributed by atoms with Crippen molar-refractivity contribution in [3.05, 3.63) is 65.4 Å². The zero-order valence-corrected chi connectivity index (χ0v) is 15.1. The molecule has 1 amide bonds. The van der Waals surface area contributed by atoms with Crippen LogP contribution in [-0.2, 0) is 11.2 Å². The Bertz CT molecular complexity index is 955. The normalized spacial score (nSPS) is 11.1. The van der Waals surface area contributed by atoms with Gasteiger partial charge in [-0.2, -0.15) is 0 Å². The molecule has 0 aliphatic heterocycles. The van der Waals surface area contributed by atoms with E-state index in [9.17, 15) is 14.7 Å². The Morgan fingerprint density at radius 1 is 1.08 bits per heavy atom. The van der Waals surface area contributed by atoms with Gasteiger partial charge in [0.25, 0.3) is 0 Å². The summed E-state index contributed by atoms with van der Waals surface area (Å²) in [5.41, 5.74) is 3.07. The molecule has 0 saturated heterocycles. The van der Waals surface area contributed by atoms with E-state index in [1.807, 2.05) is 36.4 Å². The van der Waals surface area contributed by atoms with E-state index in [0.29, 0.717) is 17.0 Å². The Kier molecular flexibility index (Phi) is 4.80. The standard InChI is InChI=1S/C21H22N2O3/c1-13(2)14-8-10-15(11-9-14)23(3)19(24)12-17-16-6-4-5-7-18(16)22-20(17)21(25)26/h4-11,13,22H,12H2,1-3H3,(H,25,26)/p-1. The maximum Gasteiger partial charge on any atom is 0.231 e. The number of anilines is 1. The summed E-state index contributed by atoms with van der Waals surface area (Å²) in [6.45, 7) is 4.23. The Morgan fingerprint density at radius 3 is 2.35 bits per heavy atom. The van der Waals surface area contributed by atoms with Crippen molar-refractivity contribution in [2.75, 3.05) is 11.9 Å². The van der Waals surface area contributed by atoms with Crippen molar-refractivity contribution in [3.8, 4) is 0 Å². The van der Waals surface area contributed by atoms with Crippen LogP contribution in [-0.4, -0.2) is 23.9 Å². The largest absolute Gasteiger partial charge is 0.543 e. The molecule has 0 aliphatic carbocycles. The minimum Gasteiger partial charge on any atom is -0.543 e. The van der Waals surface area contributed by atoms with Crippen LogP contribution in [0.4, 0.5) is 5.69 Å². The highest BCUT2D eigenvalue weighted by atomic mass is 16.4. The number of H-pyrrole nitrogens is 1. The molecule has 0 saturated carbocycles. The van der Waals surface area contributed by atoms with Crippen molar-refractivity contribution < 1.29 is 14.7 Å². The van der Waals surface area contributed by atoms with Crippen LogP contribution >= 0.6 is 0 Å². The Balaban J connectivity index is 1.88. The van der Waals surface area contributed by atoms with Crippen molar-refractivity contribution in [3.63, 3.8) is 0 Å². The average molecular weight is 349 g/mol. The van der Waals surface area contributed by atoms with Gasteiger partial charge in [-0.25, -0.2) is 0 Å². The second-order valence-corrected chi connectivity index (χ2v) is 6.69. The molecule has 0 bridgehead atoms. The van der Waals surface area contributed by atoms with Gasteiger partial charge >= 0.3 is 0 Å². The van der Waals surface area contributed by atoms with Crippen molar-refractivity contribution in [1.29, 1.82) is 0 Å². The highest BCUT2D eigenvalue weighted by Crippen LogP contribution is 2.25. The number of benzene rings is 2. The maximum absolute atomic E-state index is 12.7. The first kappa shape index (κ1) is 17.7. The second kappa shape index (κ2) is 7.04. The van der Waals surface area contributed by atoms with E-state index in [1.54, 1.807) is 24.1 Å². The van der Waals surface area contributed by atoms with Crippen molar-refractivity contribution in [2.24, 2.45) is 0 Å². The first-order valence-electron chi connectivity index (χ1n) is 8.56. The second-order valence-electron chi connectivity index (χ2n) is 6.69. The number of aromatic carboxylic acids is 1. The third kappa shape index (κ3) is 3.33. The van der Waals surface area contributed by atoms with E-state index < -0.39 is 5.97 Å². The summed E-state index contributed by atoms with van der Waals surface area (Å²) < 4.78 is 0. The molecule has 1 N–H and O–H groups in total. The molecule has 0 spiro atoms. The highest BCUT2D eigenvalue weighted by molar-refractivity contribution is 6.02. The minimum atomic E-state index is -1.31. The molecular formula is C21H21N2O3-. The fourth-order valence-electron chi connectivity index (χ4n) is 3.05. The van der Waals surface area contributed by atoms with E-state index >= 15 is 0 Å². The Morgan fingerprint density at radius 2 is 1.73 bits per heavy atom. The van der Waals surface area contributed by atoms with Crippen LogP contribution in [0.2, 0.25) is 0 Å². The first-order valence-corrected chi connectivity index (χ1v) is 8.56. The fraction of sp³-hybridized carbons (Fsp3) is 0.238. The van der Waals surface area contributed by atoms with Crippen LogP contribution in [0.25, 0.3) is 10.9 Å². The molecule has 1 heterocycles. The minimum absolute atomic E-state index is 0.0181. The van der Waals surface area contributed by atoms with Crippen LogP contribution in [0.5, 0.6) is 0 Å². The number of nitrogens with zero attached hydrogens (tertiary/aromatic N) is 1. The number of carbonyl (C=O) groups excluding carboxylic acids is 2. The van der Waals surface area contributed by atoms with Gasteiger partial charge in [-0.05, 0) is 35.2 Å². The van der Waals surface area contributed by atoms with Crippen molar-refractivity contribution in [2.45, 2.75) is 26.2 Å². The van der Waals surface area contributed by atoms with Gasteiger partial charge in [0.15, 0.2) is 0 Å². The number of nitrogens with one attached hydrogen (secondary N) is 1. The van der Waals surface area contributed by atoms with E-state index in [4.69, 9.17) is 0 Å². The predicted octanol–water partition coefficient (Wildman–Crippen LogP) is 2.86. The number of likely N-dealkylation sites (N-methyl/N-ethyl adjacent to an activating group) is 1. The lowest BCUT2D eigenvalue weighted by molar-refractivity contribution is -0.255. The van der Waals surface area contributed by atoms with Gasteiger partial charge < -0.3 is 19.8 Å². The summed E-state index contributed by atoms with van der Waals surface area (Å²) in [4.78, 5) is 28.6. The molecule has 3 rings (SSSR count). The molecule has 134 valence electrons. The lowest BCUT2D eigenvalue weighted by Gasteiger charge is -2.19. The third-order valence-corrected chi connectivity index (χ3v) is 4.67. The van der Waals surface area contributed by atoms with Crippen molar-refractivity contribution in [1.82, 2.24) is 4.98 Å². The predicted molar refractivity (Wildman–Crippen MR) is 100 cm³/mol. The number of carbonyl (C=O) groups is 2. The van der Waals surface area contributed by atoms with Crippen molar-refractivity contribution >= 4 is 28.5 Å². The fourth-order valence-corrected chi connectivity index (χ4v) is 3.05. The number of carboxylic acids is 1. The molecule has 0 aliphatic rings. The van der Waals surface area contributed by atoms with Crippen LogP contribution in [0.15, 0.2) is 48.5 Å². The molecule has 26 heavy (non-hydrogen) atoms. The van der Waals surface area contributed by atoms with E-state index in [0.717, 1.165) is 11.1 Å². The van der Waals surface area contributed by atoms with Gasteiger partial charge in [-0.3, -0.25) is 4.79 Å². The number of amides is 1. The lowest BCUT2D eigenvalue weighted by atomic mass is 10.0. The van der Waals surface area contributed by atoms with E-state index in [2.05, 4.69) is 18.8 Å². The number of rotatable bonds is 5. The average Bonchev–Trinajstić information content (AvgIpc) is 3.00. The molecule has 0 radical (unpaired) electrons. The van der Waals surface area contributed by atoms with Gasteiger partial charge in [0.05, 0.1) is 18.1 Å². The van der Waals surface area contributed by atoms with Gasteiger partial charge in [-0.1, -0.05) is 44.2 Å². The van der Waals surface area contributed by atoms with Gasteiger partial charge in [0.2, 0.25) is 5.91 Å². The number of para-hydroxylation sites is 1. The van der Waals surface area contributed by atoms with Gasteiger partial charge in [-0.15, -0.1) is 0 Å². The first-order chi connectivity index (χ1) is 12.4. The van der Waals surface area contributed by atoms with Crippen LogP contribution < -0.4 is 10.0 Å². The lowest BCUT2D eigenvalue weighted by Crippen LogP contribution is -2.30. The quantitative estimate of drug-likeness (QED) is 0.769. The van der Waals surface area contributed by atoms with Crippen LogP contribution in [0.3, 0.4) is 0 Å².